The van der Waals surface area contributed by atoms with Crippen LogP contribution >= 0.6 is 0 Å². The molecule has 6 heteroatoms. The molecular weight excluding hydrogens is 925 g/mol. The number of carbonyl (C=O) groups excluding carboxylic acids is 3. The molecular formula is C69H122O6. The smallest absolute Gasteiger partial charge is 0.306 e. The first-order valence-corrected chi connectivity index (χ1v) is 32.4. The minimum atomic E-state index is -0.812. The lowest BCUT2D eigenvalue weighted by Crippen LogP contribution is -2.30. The molecule has 0 spiro atoms. The summed E-state index contributed by atoms with van der Waals surface area (Å²) in [4.78, 5) is 37.9. The van der Waals surface area contributed by atoms with Crippen LogP contribution in [-0.4, -0.2) is 37.2 Å². The van der Waals surface area contributed by atoms with Gasteiger partial charge in [-0.3, -0.25) is 14.4 Å². The fourth-order valence-corrected chi connectivity index (χ4v) is 9.41. The Kier molecular flexibility index (Phi) is 60.7. The number of ether oxygens (including phenoxy) is 3. The predicted octanol–water partition coefficient (Wildman–Crippen LogP) is 22.1. The van der Waals surface area contributed by atoms with Crippen molar-refractivity contribution in [1.82, 2.24) is 0 Å². The monoisotopic (exact) mass is 1050 g/mol. The van der Waals surface area contributed by atoms with Gasteiger partial charge in [0.05, 0.1) is 0 Å². The fraction of sp³-hybridized carbons (Fsp3) is 0.783. The Morgan fingerprint density at radius 1 is 0.280 bits per heavy atom. The molecule has 6 nitrogen and oxygen atoms in total. The van der Waals surface area contributed by atoms with Crippen LogP contribution in [0.1, 0.15) is 329 Å². The van der Waals surface area contributed by atoms with Gasteiger partial charge in [-0.15, -0.1) is 0 Å². The maximum absolute atomic E-state index is 12.8. The van der Waals surface area contributed by atoms with E-state index in [2.05, 4.69) is 87.6 Å². The van der Waals surface area contributed by atoms with Gasteiger partial charge in [0.2, 0.25) is 0 Å². The Hall–Kier alpha value is -3.15. The van der Waals surface area contributed by atoms with E-state index in [9.17, 15) is 14.4 Å². The van der Waals surface area contributed by atoms with E-state index in [4.69, 9.17) is 14.2 Å². The van der Waals surface area contributed by atoms with E-state index in [-0.39, 0.29) is 37.5 Å². The van der Waals surface area contributed by atoms with Crippen LogP contribution in [0, 0.1) is 0 Å². The molecule has 0 radical (unpaired) electrons. The second kappa shape index (κ2) is 63.4. The van der Waals surface area contributed by atoms with Crippen LogP contribution in [0.5, 0.6) is 0 Å². The van der Waals surface area contributed by atoms with E-state index in [0.29, 0.717) is 19.3 Å². The third-order valence-corrected chi connectivity index (χ3v) is 14.2. The molecule has 0 N–H and O–H groups in total. The third kappa shape index (κ3) is 61.6. The van der Waals surface area contributed by atoms with Gasteiger partial charge >= 0.3 is 17.9 Å². The highest BCUT2D eigenvalue weighted by molar-refractivity contribution is 5.71. The summed E-state index contributed by atoms with van der Waals surface area (Å²) in [6.45, 7) is 6.44. The van der Waals surface area contributed by atoms with Gasteiger partial charge in [-0.2, -0.15) is 0 Å². The van der Waals surface area contributed by atoms with E-state index in [1.54, 1.807) is 0 Å². The van der Waals surface area contributed by atoms with Crippen LogP contribution in [0.3, 0.4) is 0 Å². The van der Waals surface area contributed by atoms with Crippen LogP contribution in [0.2, 0.25) is 0 Å². The molecule has 0 amide bonds. The van der Waals surface area contributed by atoms with Crippen LogP contribution in [0.25, 0.3) is 0 Å². The van der Waals surface area contributed by atoms with Crippen molar-refractivity contribution in [2.45, 2.75) is 335 Å². The highest BCUT2D eigenvalue weighted by Gasteiger charge is 2.19. The van der Waals surface area contributed by atoms with Crippen molar-refractivity contribution >= 4 is 17.9 Å². The minimum absolute atomic E-state index is 0.103. The van der Waals surface area contributed by atoms with Gasteiger partial charge < -0.3 is 14.2 Å². The SMILES string of the molecule is CC/C=C\C/C=C\C/C=C\C/C=C\C/C=C\C/C=C\CCC(=O)OC(COC(=O)CCCCCCCC)COC(=O)CCCCCCCCCCCCCCCCCCCCCCCCCCCCCCCCCC. The summed E-state index contributed by atoms with van der Waals surface area (Å²) in [5, 5.41) is 0. The first-order valence-electron chi connectivity index (χ1n) is 32.4. The molecule has 0 saturated heterocycles. The Balaban J connectivity index is 4.03. The molecule has 0 aromatic carbocycles. The van der Waals surface area contributed by atoms with Crippen molar-refractivity contribution in [1.29, 1.82) is 0 Å². The molecule has 0 aliphatic carbocycles. The van der Waals surface area contributed by atoms with Gasteiger partial charge in [0, 0.05) is 19.3 Å². The molecule has 75 heavy (non-hydrogen) atoms. The Morgan fingerprint density at radius 3 is 0.787 bits per heavy atom. The standard InChI is InChI=1S/C69H122O6/c1-4-7-10-13-16-18-20-22-24-26-28-29-30-31-32-33-34-35-36-37-38-39-40-42-43-45-47-49-51-53-56-59-62-68(71)74-65-66(64-73-67(70)61-58-55-15-12-9-6-3)75-69(72)63-60-57-54-52-50-48-46-44-41-27-25-23-21-19-17-14-11-8-5-2/h8,11,17,19,23,25,41,44,48,50,54,57,66H,4-7,9-10,12-16,18,20-22,24,26-40,42-43,45-47,49,51-53,55-56,58-65H2,1-3H3/b11-8-,19-17-,25-23-,44-41-,50-48-,57-54-. The molecule has 0 aromatic rings. The molecule has 1 atom stereocenters. The second-order valence-electron chi connectivity index (χ2n) is 21.7. The number of carbonyl (C=O) groups is 3. The van der Waals surface area contributed by atoms with Crippen LogP contribution in [0.4, 0.5) is 0 Å². The second-order valence-corrected chi connectivity index (χ2v) is 21.7. The molecule has 1 unspecified atom stereocenters. The molecule has 0 aliphatic rings. The van der Waals surface area contributed by atoms with Crippen molar-refractivity contribution in [3.05, 3.63) is 72.9 Å². The summed E-state index contributed by atoms with van der Waals surface area (Å²) in [7, 11) is 0. The average Bonchev–Trinajstić information content (AvgIpc) is 3.41. The number of allylic oxidation sites excluding steroid dienone is 12. The number of hydrogen-bond donors (Lipinski definition) is 0. The first-order chi connectivity index (χ1) is 37.0. The molecule has 0 fully saturated rings. The van der Waals surface area contributed by atoms with E-state index < -0.39 is 6.10 Å². The van der Waals surface area contributed by atoms with Gasteiger partial charge in [-0.05, 0) is 57.8 Å². The topological polar surface area (TPSA) is 78.9 Å². The highest BCUT2D eigenvalue weighted by Crippen LogP contribution is 2.18. The normalized spacial score (nSPS) is 12.5. The summed E-state index contributed by atoms with van der Waals surface area (Å²) in [6, 6.07) is 0. The number of rotatable bonds is 59. The largest absolute Gasteiger partial charge is 0.462 e. The lowest BCUT2D eigenvalue weighted by atomic mass is 10.0. The maximum Gasteiger partial charge on any atom is 0.306 e. The zero-order valence-electron chi connectivity index (χ0n) is 49.8. The van der Waals surface area contributed by atoms with Crippen molar-refractivity contribution in [3.63, 3.8) is 0 Å². The van der Waals surface area contributed by atoms with Gasteiger partial charge in [-0.25, -0.2) is 0 Å². The molecule has 434 valence electrons. The van der Waals surface area contributed by atoms with E-state index >= 15 is 0 Å². The number of esters is 3. The van der Waals surface area contributed by atoms with Crippen LogP contribution in [0.15, 0.2) is 72.9 Å². The van der Waals surface area contributed by atoms with Crippen LogP contribution in [-0.2, 0) is 28.6 Å². The molecule has 0 heterocycles. The molecule has 0 rings (SSSR count). The fourth-order valence-electron chi connectivity index (χ4n) is 9.41. The van der Waals surface area contributed by atoms with Crippen molar-refractivity contribution < 1.29 is 28.6 Å². The number of unbranched alkanes of at least 4 members (excludes halogenated alkanes) is 36. The molecule has 0 saturated carbocycles. The minimum Gasteiger partial charge on any atom is -0.462 e. The summed E-state index contributed by atoms with van der Waals surface area (Å²) in [5.41, 5.74) is 0. The Morgan fingerprint density at radius 2 is 0.520 bits per heavy atom. The van der Waals surface area contributed by atoms with Crippen LogP contribution < -0.4 is 0 Å². The van der Waals surface area contributed by atoms with E-state index in [1.165, 1.54) is 205 Å². The molecule has 0 aliphatic heterocycles. The Labute approximate surface area is 465 Å². The third-order valence-electron chi connectivity index (χ3n) is 14.2. The van der Waals surface area contributed by atoms with Crippen molar-refractivity contribution in [3.8, 4) is 0 Å². The van der Waals surface area contributed by atoms with Gasteiger partial charge in [0.15, 0.2) is 6.10 Å². The zero-order chi connectivity index (χ0) is 54.3. The summed E-state index contributed by atoms with van der Waals surface area (Å²) in [6.07, 6.45) is 82.8. The molecule has 0 aromatic heterocycles. The summed E-state index contributed by atoms with van der Waals surface area (Å²) >= 11 is 0. The maximum atomic E-state index is 12.8. The van der Waals surface area contributed by atoms with Crippen molar-refractivity contribution in [2.24, 2.45) is 0 Å². The van der Waals surface area contributed by atoms with E-state index in [0.717, 1.165) is 77.0 Å². The van der Waals surface area contributed by atoms with Gasteiger partial charge in [0.1, 0.15) is 13.2 Å². The summed E-state index contributed by atoms with van der Waals surface area (Å²) in [5.74, 6) is -0.987. The lowest BCUT2D eigenvalue weighted by molar-refractivity contribution is -0.166. The molecule has 0 bridgehead atoms. The lowest BCUT2D eigenvalue weighted by Gasteiger charge is -2.18. The average molecular weight is 1050 g/mol. The quantitative estimate of drug-likeness (QED) is 0.0261. The van der Waals surface area contributed by atoms with Crippen molar-refractivity contribution in [2.75, 3.05) is 13.2 Å². The predicted molar refractivity (Wildman–Crippen MR) is 325 cm³/mol. The van der Waals surface area contributed by atoms with Gasteiger partial charge in [-0.1, -0.05) is 325 Å². The highest BCUT2D eigenvalue weighted by atomic mass is 16.6. The Bertz CT molecular complexity index is 1390. The van der Waals surface area contributed by atoms with E-state index in [1.807, 2.05) is 6.08 Å². The zero-order valence-corrected chi connectivity index (χ0v) is 49.8. The summed E-state index contributed by atoms with van der Waals surface area (Å²) < 4.78 is 16.7. The van der Waals surface area contributed by atoms with Gasteiger partial charge in [0.25, 0.3) is 0 Å². The number of hydrogen-bond acceptors (Lipinski definition) is 6. The first kappa shape index (κ1) is 71.8.